The molecular formula is C11H13I. The molecule has 1 aromatic carbocycles. The van der Waals surface area contributed by atoms with Gasteiger partial charge in [-0.15, -0.1) is 0 Å². The average molecular weight is 272 g/mol. The van der Waals surface area contributed by atoms with Gasteiger partial charge in [0.2, 0.25) is 0 Å². The molecule has 1 aliphatic rings. The van der Waals surface area contributed by atoms with Crippen LogP contribution in [0.4, 0.5) is 0 Å². The summed E-state index contributed by atoms with van der Waals surface area (Å²) in [5, 5.41) is 0. The van der Waals surface area contributed by atoms with Crippen LogP contribution in [0.25, 0.3) is 0 Å². The fourth-order valence-electron chi connectivity index (χ4n) is 2.00. The molecule has 0 radical (unpaired) electrons. The fraction of sp³-hybridized carbons (Fsp3) is 0.455. The average Bonchev–Trinajstić information content (AvgIpc) is 2.12. The van der Waals surface area contributed by atoms with Crippen molar-refractivity contribution in [3.63, 3.8) is 0 Å². The topological polar surface area (TPSA) is 0 Å². The summed E-state index contributed by atoms with van der Waals surface area (Å²) < 4.78 is 1.47. The number of hydrogen-bond acceptors (Lipinski definition) is 0. The smallest absolute Gasteiger partial charge is 0.0165 e. The molecule has 0 spiro atoms. The number of fused-ring (bicyclic) bond motifs is 1. The molecule has 0 nitrogen and oxygen atoms in total. The van der Waals surface area contributed by atoms with E-state index < -0.39 is 0 Å². The molecule has 0 saturated carbocycles. The molecule has 12 heavy (non-hydrogen) atoms. The van der Waals surface area contributed by atoms with Crippen LogP contribution in [0.15, 0.2) is 12.1 Å². The van der Waals surface area contributed by atoms with Crippen LogP contribution >= 0.6 is 22.6 Å². The standard InChI is InChI=1S/C11H13I/c1-8-6-7-11(12)10-5-3-2-4-9(8)10/h6-7H,2-5H2,1H3. The van der Waals surface area contributed by atoms with E-state index in [1.165, 1.54) is 34.8 Å². The Kier molecular flexibility index (Phi) is 2.40. The molecule has 1 aliphatic carbocycles. The van der Waals surface area contributed by atoms with E-state index in [4.69, 9.17) is 0 Å². The molecule has 0 fully saturated rings. The van der Waals surface area contributed by atoms with Crippen LogP contribution in [-0.4, -0.2) is 0 Å². The van der Waals surface area contributed by atoms with Crippen LogP contribution in [0.3, 0.4) is 0 Å². The quantitative estimate of drug-likeness (QED) is 0.634. The first-order valence-corrected chi connectivity index (χ1v) is 5.64. The molecule has 64 valence electrons. The summed E-state index contributed by atoms with van der Waals surface area (Å²) in [6.07, 6.45) is 5.37. The lowest BCUT2D eigenvalue weighted by Crippen LogP contribution is -2.06. The molecule has 0 N–H and O–H groups in total. The maximum Gasteiger partial charge on any atom is 0.0165 e. The van der Waals surface area contributed by atoms with Crippen molar-refractivity contribution in [3.8, 4) is 0 Å². The second-order valence-corrected chi connectivity index (χ2v) is 4.69. The minimum absolute atomic E-state index is 1.30. The summed E-state index contributed by atoms with van der Waals surface area (Å²) in [7, 11) is 0. The van der Waals surface area contributed by atoms with Gasteiger partial charge in [-0.3, -0.25) is 0 Å². The minimum atomic E-state index is 1.30. The van der Waals surface area contributed by atoms with Gasteiger partial charge < -0.3 is 0 Å². The summed E-state index contributed by atoms with van der Waals surface area (Å²) in [4.78, 5) is 0. The highest BCUT2D eigenvalue weighted by Crippen LogP contribution is 2.27. The van der Waals surface area contributed by atoms with E-state index in [1.807, 2.05) is 0 Å². The van der Waals surface area contributed by atoms with Crippen molar-refractivity contribution >= 4 is 22.6 Å². The van der Waals surface area contributed by atoms with Crippen molar-refractivity contribution < 1.29 is 0 Å². The van der Waals surface area contributed by atoms with E-state index in [9.17, 15) is 0 Å². The molecule has 1 aromatic rings. The Morgan fingerprint density at radius 1 is 1.08 bits per heavy atom. The lowest BCUT2D eigenvalue weighted by molar-refractivity contribution is 0.679. The highest BCUT2D eigenvalue weighted by atomic mass is 127. The Bertz CT molecular complexity index is 271. The van der Waals surface area contributed by atoms with Crippen molar-refractivity contribution in [1.29, 1.82) is 0 Å². The third-order valence-electron chi connectivity index (χ3n) is 2.71. The molecule has 0 amide bonds. The number of rotatable bonds is 0. The third-order valence-corrected chi connectivity index (χ3v) is 3.72. The van der Waals surface area contributed by atoms with Crippen LogP contribution < -0.4 is 0 Å². The van der Waals surface area contributed by atoms with E-state index in [0.29, 0.717) is 0 Å². The highest BCUT2D eigenvalue weighted by Gasteiger charge is 2.13. The maximum absolute atomic E-state index is 2.46. The predicted molar refractivity (Wildman–Crippen MR) is 60.5 cm³/mol. The molecule has 0 bridgehead atoms. The Morgan fingerprint density at radius 3 is 2.42 bits per heavy atom. The van der Waals surface area contributed by atoms with Crippen molar-refractivity contribution in [2.75, 3.05) is 0 Å². The van der Waals surface area contributed by atoms with Crippen LogP contribution in [0.1, 0.15) is 29.5 Å². The highest BCUT2D eigenvalue weighted by molar-refractivity contribution is 14.1. The predicted octanol–water partition coefficient (Wildman–Crippen LogP) is 3.48. The SMILES string of the molecule is Cc1ccc(I)c2c1CCCC2. The van der Waals surface area contributed by atoms with Crippen LogP contribution in [0.5, 0.6) is 0 Å². The first kappa shape index (κ1) is 8.54. The Morgan fingerprint density at radius 2 is 1.75 bits per heavy atom. The lowest BCUT2D eigenvalue weighted by atomic mass is 9.89. The lowest BCUT2D eigenvalue weighted by Gasteiger charge is -2.19. The first-order chi connectivity index (χ1) is 5.79. The summed E-state index contributed by atoms with van der Waals surface area (Å²) in [5.41, 5.74) is 4.75. The van der Waals surface area contributed by atoms with E-state index in [1.54, 1.807) is 11.1 Å². The first-order valence-electron chi connectivity index (χ1n) is 4.56. The molecule has 0 atom stereocenters. The van der Waals surface area contributed by atoms with Gasteiger partial charge >= 0.3 is 0 Å². The second-order valence-electron chi connectivity index (χ2n) is 3.53. The van der Waals surface area contributed by atoms with E-state index >= 15 is 0 Å². The fourth-order valence-corrected chi connectivity index (χ4v) is 2.78. The van der Waals surface area contributed by atoms with Crippen molar-refractivity contribution in [1.82, 2.24) is 0 Å². The molecule has 0 heterocycles. The van der Waals surface area contributed by atoms with E-state index in [0.717, 1.165) is 0 Å². The monoisotopic (exact) mass is 272 g/mol. The molecular weight excluding hydrogens is 259 g/mol. The van der Waals surface area contributed by atoms with Crippen molar-refractivity contribution in [3.05, 3.63) is 32.4 Å². The summed E-state index contributed by atoms with van der Waals surface area (Å²) in [6, 6.07) is 4.51. The van der Waals surface area contributed by atoms with Crippen molar-refractivity contribution in [2.24, 2.45) is 0 Å². The van der Waals surface area contributed by atoms with Crippen LogP contribution in [0, 0.1) is 10.5 Å². The number of aryl methyl sites for hydroxylation is 1. The van der Waals surface area contributed by atoms with E-state index in [-0.39, 0.29) is 0 Å². The zero-order valence-electron chi connectivity index (χ0n) is 7.36. The van der Waals surface area contributed by atoms with Crippen LogP contribution in [0.2, 0.25) is 0 Å². The molecule has 1 heteroatoms. The Hall–Kier alpha value is -0.0500. The molecule has 2 rings (SSSR count). The summed E-state index contributed by atoms with van der Waals surface area (Å²) in [5.74, 6) is 0. The van der Waals surface area contributed by atoms with Gasteiger partial charge in [-0.1, -0.05) is 6.07 Å². The molecule has 0 saturated heterocycles. The van der Waals surface area contributed by atoms with Gasteiger partial charge in [0, 0.05) is 3.57 Å². The summed E-state index contributed by atoms with van der Waals surface area (Å²) in [6.45, 7) is 2.24. The van der Waals surface area contributed by atoms with Gasteiger partial charge in [-0.05, 0) is 78.0 Å². The van der Waals surface area contributed by atoms with Gasteiger partial charge in [0.05, 0.1) is 0 Å². The second kappa shape index (κ2) is 3.36. The number of benzene rings is 1. The maximum atomic E-state index is 2.46. The molecule has 0 unspecified atom stereocenters. The van der Waals surface area contributed by atoms with Crippen molar-refractivity contribution in [2.45, 2.75) is 32.6 Å². The van der Waals surface area contributed by atoms with E-state index in [2.05, 4.69) is 41.6 Å². The Balaban J connectivity index is 2.57. The zero-order chi connectivity index (χ0) is 8.55. The van der Waals surface area contributed by atoms with Gasteiger partial charge in [0.1, 0.15) is 0 Å². The van der Waals surface area contributed by atoms with Gasteiger partial charge in [0.15, 0.2) is 0 Å². The summed E-state index contributed by atoms with van der Waals surface area (Å²) >= 11 is 2.46. The van der Waals surface area contributed by atoms with Gasteiger partial charge in [-0.2, -0.15) is 0 Å². The van der Waals surface area contributed by atoms with Gasteiger partial charge in [0.25, 0.3) is 0 Å². The largest absolute Gasteiger partial charge is 0.0580 e. The Labute approximate surface area is 87.5 Å². The third kappa shape index (κ3) is 1.39. The van der Waals surface area contributed by atoms with Gasteiger partial charge in [-0.25, -0.2) is 0 Å². The zero-order valence-corrected chi connectivity index (χ0v) is 9.52. The van der Waals surface area contributed by atoms with Crippen LogP contribution in [-0.2, 0) is 12.8 Å². The number of halogens is 1. The molecule has 0 aliphatic heterocycles. The minimum Gasteiger partial charge on any atom is -0.0580 e. The normalized spacial score (nSPS) is 15.8. The molecule has 0 aromatic heterocycles. The number of hydrogen-bond donors (Lipinski definition) is 0.